The van der Waals surface area contributed by atoms with Gasteiger partial charge in [-0.2, -0.15) is 0 Å². The normalized spacial score (nSPS) is 10.7. The number of nitrogens with zero attached hydrogens (tertiary/aromatic N) is 2. The van der Waals surface area contributed by atoms with E-state index >= 15 is 0 Å². The van der Waals surface area contributed by atoms with Gasteiger partial charge in [-0.25, -0.2) is 0 Å². The number of aliphatic imine (C=N–C) groups is 1. The zero-order valence-electron chi connectivity index (χ0n) is 15.8. The van der Waals surface area contributed by atoms with Gasteiger partial charge in [-0.15, -0.1) is 24.0 Å². The number of rotatable bonds is 6. The Labute approximate surface area is 183 Å². The average Bonchev–Trinajstić information content (AvgIpc) is 2.61. The van der Waals surface area contributed by atoms with Crippen molar-refractivity contribution < 1.29 is 4.79 Å². The van der Waals surface area contributed by atoms with Gasteiger partial charge in [-0.3, -0.25) is 9.79 Å². The van der Waals surface area contributed by atoms with Crippen LogP contribution in [0.5, 0.6) is 0 Å². The first-order valence-corrected chi connectivity index (χ1v) is 8.88. The Morgan fingerprint density at radius 2 is 1.67 bits per heavy atom. The van der Waals surface area contributed by atoms with Crippen molar-refractivity contribution in [2.75, 3.05) is 26.0 Å². The lowest BCUT2D eigenvalue weighted by Gasteiger charge is -2.22. The van der Waals surface area contributed by atoms with Crippen molar-refractivity contribution in [2.24, 2.45) is 4.99 Å². The summed E-state index contributed by atoms with van der Waals surface area (Å²) in [5, 5.41) is 6.88. The smallest absolute Gasteiger partial charge is 0.221 e. The highest BCUT2D eigenvalue weighted by atomic mass is 127. The van der Waals surface area contributed by atoms with E-state index < -0.39 is 0 Å². The van der Waals surface area contributed by atoms with Crippen molar-refractivity contribution >= 4 is 53.1 Å². The van der Waals surface area contributed by atoms with Crippen LogP contribution in [0.15, 0.2) is 53.5 Å². The third-order valence-electron chi connectivity index (χ3n) is 3.88. The molecule has 5 nitrogen and oxygen atoms in total. The molecule has 7 heteroatoms. The number of guanidine groups is 1. The molecule has 0 saturated carbocycles. The Kier molecular flexibility index (Phi) is 10.2. The molecule has 0 spiro atoms. The maximum Gasteiger partial charge on any atom is 0.221 e. The van der Waals surface area contributed by atoms with Gasteiger partial charge in [-0.05, 0) is 41.8 Å². The van der Waals surface area contributed by atoms with Crippen LogP contribution >= 0.6 is 35.6 Å². The quantitative estimate of drug-likeness (QED) is 0.356. The molecule has 2 rings (SSSR count). The van der Waals surface area contributed by atoms with Crippen LogP contribution in [0.3, 0.4) is 0 Å². The lowest BCUT2D eigenvalue weighted by molar-refractivity contribution is -0.114. The first-order valence-electron chi connectivity index (χ1n) is 8.50. The first-order chi connectivity index (χ1) is 12.5. The third kappa shape index (κ3) is 8.17. The lowest BCUT2D eigenvalue weighted by Crippen LogP contribution is -2.39. The maximum absolute atomic E-state index is 11.0. The van der Waals surface area contributed by atoms with Gasteiger partial charge in [0, 0.05) is 44.8 Å². The molecule has 0 radical (unpaired) electrons. The summed E-state index contributed by atoms with van der Waals surface area (Å²) in [5.74, 6) is 0.779. The molecule has 2 aromatic rings. The molecule has 0 fully saturated rings. The van der Waals surface area contributed by atoms with Crippen LogP contribution in [0.4, 0.5) is 5.69 Å². The summed E-state index contributed by atoms with van der Waals surface area (Å²) in [4.78, 5) is 17.5. The number of nitrogens with one attached hydrogen (secondary N) is 2. The van der Waals surface area contributed by atoms with E-state index in [1.807, 2.05) is 55.6 Å². The van der Waals surface area contributed by atoms with E-state index in [-0.39, 0.29) is 29.9 Å². The van der Waals surface area contributed by atoms with Crippen LogP contribution in [0.2, 0.25) is 5.02 Å². The summed E-state index contributed by atoms with van der Waals surface area (Å²) in [6.45, 7) is 3.03. The predicted octanol–water partition coefficient (Wildman–Crippen LogP) is 4.17. The van der Waals surface area contributed by atoms with Crippen molar-refractivity contribution in [2.45, 2.75) is 19.9 Å². The van der Waals surface area contributed by atoms with E-state index in [2.05, 4.69) is 20.5 Å². The predicted molar refractivity (Wildman–Crippen MR) is 124 cm³/mol. The van der Waals surface area contributed by atoms with E-state index in [0.717, 1.165) is 36.2 Å². The Morgan fingerprint density at radius 1 is 1.07 bits per heavy atom. The van der Waals surface area contributed by atoms with E-state index in [4.69, 9.17) is 11.6 Å². The number of hydrogen-bond acceptors (Lipinski definition) is 2. The number of amides is 1. The third-order valence-corrected chi connectivity index (χ3v) is 4.13. The maximum atomic E-state index is 11.0. The molecule has 0 bridgehead atoms. The van der Waals surface area contributed by atoms with Crippen molar-refractivity contribution in [1.29, 1.82) is 0 Å². The molecule has 0 unspecified atom stereocenters. The van der Waals surface area contributed by atoms with Crippen LogP contribution in [-0.2, 0) is 17.8 Å². The van der Waals surface area contributed by atoms with Crippen molar-refractivity contribution in [3.8, 4) is 0 Å². The zero-order valence-corrected chi connectivity index (χ0v) is 18.9. The second-order valence-corrected chi connectivity index (χ2v) is 6.52. The molecular weight excluding hydrogens is 475 g/mol. The number of hydrogen-bond donors (Lipinski definition) is 2. The molecule has 0 saturated heterocycles. The summed E-state index contributed by atoms with van der Waals surface area (Å²) in [7, 11) is 3.79. The van der Waals surface area contributed by atoms with E-state index in [1.54, 1.807) is 7.05 Å². The molecule has 1 amide bonds. The van der Waals surface area contributed by atoms with Crippen LogP contribution in [-0.4, -0.2) is 37.4 Å². The average molecular weight is 501 g/mol. The summed E-state index contributed by atoms with van der Waals surface area (Å²) in [6.07, 6.45) is 0.869. The molecule has 0 heterocycles. The van der Waals surface area contributed by atoms with Gasteiger partial charge in [0.1, 0.15) is 0 Å². The molecule has 0 aliphatic carbocycles. The minimum Gasteiger partial charge on any atom is -0.356 e. The Bertz CT molecular complexity index is 748. The second-order valence-electron chi connectivity index (χ2n) is 6.08. The fourth-order valence-electron chi connectivity index (χ4n) is 2.60. The fraction of sp³-hybridized carbons (Fsp3) is 0.300. The van der Waals surface area contributed by atoms with E-state index in [9.17, 15) is 4.79 Å². The fourth-order valence-corrected chi connectivity index (χ4v) is 2.73. The standard InChI is InChI=1S/C20H25ClN4O.HI/c1-15(26)24-19-10-6-16(7-11-19)12-13-23-20(22-2)25(3)14-17-4-8-18(21)9-5-17;/h4-11H,12-14H2,1-3H3,(H,22,23)(H,24,26);1H. The van der Waals surface area contributed by atoms with Crippen molar-refractivity contribution in [1.82, 2.24) is 10.2 Å². The van der Waals surface area contributed by atoms with Gasteiger partial charge >= 0.3 is 0 Å². The Balaban J connectivity index is 0.00000364. The van der Waals surface area contributed by atoms with Gasteiger partial charge in [0.05, 0.1) is 0 Å². The van der Waals surface area contributed by atoms with Gasteiger partial charge < -0.3 is 15.5 Å². The summed E-state index contributed by atoms with van der Waals surface area (Å²) in [5.41, 5.74) is 3.18. The van der Waals surface area contributed by atoms with Crippen LogP contribution in [0, 0.1) is 0 Å². The molecular formula is C20H26ClIN4O. The largest absolute Gasteiger partial charge is 0.356 e. The minimum atomic E-state index is -0.0630. The molecule has 0 aliphatic heterocycles. The molecule has 2 N–H and O–H groups in total. The van der Waals surface area contributed by atoms with Gasteiger partial charge in [-0.1, -0.05) is 35.9 Å². The summed E-state index contributed by atoms with van der Waals surface area (Å²) < 4.78 is 0. The SMILES string of the molecule is CN=C(NCCc1ccc(NC(C)=O)cc1)N(C)Cc1ccc(Cl)cc1.I. The number of halogens is 2. The van der Waals surface area contributed by atoms with Gasteiger partial charge in [0.2, 0.25) is 5.91 Å². The number of carbonyl (C=O) groups is 1. The molecule has 0 aromatic heterocycles. The summed E-state index contributed by atoms with van der Waals surface area (Å²) >= 11 is 5.93. The highest BCUT2D eigenvalue weighted by Crippen LogP contribution is 2.11. The minimum absolute atomic E-state index is 0. The first kappa shape index (κ1) is 23.2. The Morgan fingerprint density at radius 3 is 2.22 bits per heavy atom. The Hall–Kier alpha value is -1.80. The molecule has 2 aromatic carbocycles. The zero-order chi connectivity index (χ0) is 18.9. The van der Waals surface area contributed by atoms with E-state index in [0.29, 0.717) is 0 Å². The van der Waals surface area contributed by atoms with Crippen LogP contribution in [0.1, 0.15) is 18.1 Å². The second kappa shape index (κ2) is 11.8. The topological polar surface area (TPSA) is 56.7 Å². The molecule has 146 valence electrons. The van der Waals surface area contributed by atoms with E-state index in [1.165, 1.54) is 18.1 Å². The summed E-state index contributed by atoms with van der Waals surface area (Å²) in [6, 6.07) is 15.7. The molecule has 27 heavy (non-hydrogen) atoms. The molecule has 0 aliphatic rings. The van der Waals surface area contributed by atoms with Crippen molar-refractivity contribution in [3.63, 3.8) is 0 Å². The number of carbonyl (C=O) groups excluding carboxylic acids is 1. The monoisotopic (exact) mass is 500 g/mol. The van der Waals surface area contributed by atoms with Gasteiger partial charge in [0.15, 0.2) is 5.96 Å². The number of benzene rings is 2. The van der Waals surface area contributed by atoms with Crippen LogP contribution in [0.25, 0.3) is 0 Å². The van der Waals surface area contributed by atoms with Crippen LogP contribution < -0.4 is 10.6 Å². The molecule has 0 atom stereocenters. The lowest BCUT2D eigenvalue weighted by atomic mass is 10.1. The van der Waals surface area contributed by atoms with Gasteiger partial charge in [0.25, 0.3) is 0 Å². The van der Waals surface area contributed by atoms with Crippen molar-refractivity contribution in [3.05, 3.63) is 64.7 Å². The number of anilines is 1. The highest BCUT2D eigenvalue weighted by Gasteiger charge is 2.06. The highest BCUT2D eigenvalue weighted by molar-refractivity contribution is 14.0.